The summed E-state index contributed by atoms with van der Waals surface area (Å²) < 4.78 is 87.7. The van der Waals surface area contributed by atoms with E-state index in [1.165, 1.54) is 11.3 Å². The number of fused-ring (bicyclic) bond motifs is 5. The monoisotopic (exact) mass is 603 g/mol. The number of nitrogens with zero attached hydrogens (tertiary/aromatic N) is 2. The normalized spacial score (nSPS) is 14.4. The number of oxazole rings is 1. The molecular weight excluding hydrogens is 569 g/mol. The number of rotatable bonds is 5. The van der Waals surface area contributed by atoms with Gasteiger partial charge in [-0.2, -0.15) is 0 Å². The van der Waals surface area contributed by atoms with Crippen molar-refractivity contribution in [2.24, 2.45) is 0 Å². The van der Waals surface area contributed by atoms with Crippen LogP contribution in [0.3, 0.4) is 0 Å². The van der Waals surface area contributed by atoms with Crippen LogP contribution in [0.5, 0.6) is 0 Å². The van der Waals surface area contributed by atoms with E-state index in [4.69, 9.17) is 16.3 Å². The van der Waals surface area contributed by atoms with Gasteiger partial charge in [-0.3, -0.25) is 0 Å². The molecule has 2 heterocycles. The van der Waals surface area contributed by atoms with Crippen molar-refractivity contribution < 1.29 is 16.8 Å². The SMILES string of the molecule is [2H]c1c([2H])c([2H])c(-c2c([2H])c([2H])c(N(c3ccc4ccccc4c3)c3c(-c4nc5ccccc5o4)ccc4c3sc3ccccc34)c([2H])c2[2H])c([2H])c1[2H]. The highest BCUT2D eigenvalue weighted by atomic mass is 32.1. The van der Waals surface area contributed by atoms with Crippen molar-refractivity contribution in [1.29, 1.82) is 0 Å². The molecule has 7 aromatic carbocycles. The fourth-order valence-corrected chi connectivity index (χ4v) is 7.00. The third-order valence-electron chi connectivity index (χ3n) is 7.85. The first-order valence-electron chi connectivity index (χ1n) is 18.8. The number of anilines is 3. The summed E-state index contributed by atoms with van der Waals surface area (Å²) in [5, 5.41) is 3.73. The molecule has 0 bridgehead atoms. The van der Waals surface area contributed by atoms with Crippen molar-refractivity contribution in [3.63, 3.8) is 0 Å². The largest absolute Gasteiger partial charge is 0.436 e. The van der Waals surface area contributed by atoms with Crippen LogP contribution in [0, 0.1) is 0 Å². The number of hydrogen-bond donors (Lipinski definition) is 0. The number of hydrogen-bond acceptors (Lipinski definition) is 4. The molecule has 9 aromatic rings. The molecule has 0 radical (unpaired) electrons. The highest BCUT2D eigenvalue weighted by Crippen LogP contribution is 2.50. The van der Waals surface area contributed by atoms with Crippen molar-refractivity contribution in [1.82, 2.24) is 4.98 Å². The number of thiophene rings is 1. The Bertz CT molecular complexity index is 2940. The van der Waals surface area contributed by atoms with Crippen molar-refractivity contribution in [3.8, 4) is 22.6 Å². The van der Waals surface area contributed by atoms with E-state index in [-0.39, 0.29) is 11.3 Å². The van der Waals surface area contributed by atoms with E-state index >= 15 is 0 Å². The molecule has 0 unspecified atom stereocenters. The highest BCUT2D eigenvalue weighted by molar-refractivity contribution is 7.26. The van der Waals surface area contributed by atoms with E-state index in [1.807, 2.05) is 103 Å². The van der Waals surface area contributed by atoms with E-state index in [9.17, 15) is 5.48 Å². The number of aromatic nitrogens is 1. The Morgan fingerprint density at radius 1 is 0.622 bits per heavy atom. The van der Waals surface area contributed by atoms with Crippen LogP contribution in [0.15, 0.2) is 162 Å². The Balaban J connectivity index is 1.43. The van der Waals surface area contributed by atoms with Gasteiger partial charge in [-0.05, 0) is 70.4 Å². The summed E-state index contributed by atoms with van der Waals surface area (Å²) in [4.78, 5) is 6.56. The van der Waals surface area contributed by atoms with Gasteiger partial charge in [-0.15, -0.1) is 11.3 Å². The standard InChI is InChI=1S/C41H26N2OS/c1-2-10-27(11-3-1)29-18-21-31(22-19-29)43(32-23-20-28-12-4-5-13-30(28)26-32)39-35(41-42-36-15-7-8-16-37(36)44-41)25-24-34-33-14-6-9-17-38(33)45-40(34)39/h1-26H/i1D,2D,3D,10D,11D,18D,19D,21D,22D. The molecule has 0 N–H and O–H groups in total. The van der Waals surface area contributed by atoms with E-state index < -0.39 is 59.9 Å². The number of benzene rings is 7. The second-order valence-electron chi connectivity index (χ2n) is 10.5. The molecule has 0 spiro atoms. The van der Waals surface area contributed by atoms with Crippen molar-refractivity contribution >= 4 is 70.4 Å². The molecular formula is C41H26N2OS. The zero-order valence-electron chi connectivity index (χ0n) is 32.5. The van der Waals surface area contributed by atoms with Gasteiger partial charge in [0.05, 0.1) is 28.3 Å². The molecule has 4 heteroatoms. The van der Waals surface area contributed by atoms with Crippen LogP contribution in [0.1, 0.15) is 12.3 Å². The topological polar surface area (TPSA) is 29.3 Å². The Hall–Kier alpha value is -5.71. The predicted molar refractivity (Wildman–Crippen MR) is 190 cm³/mol. The maximum absolute atomic E-state index is 9.56. The molecule has 0 amide bonds. The fraction of sp³-hybridized carbons (Fsp3) is 0. The van der Waals surface area contributed by atoms with Gasteiger partial charge < -0.3 is 9.32 Å². The van der Waals surface area contributed by atoms with Crippen molar-refractivity contribution in [3.05, 3.63) is 158 Å². The minimum Gasteiger partial charge on any atom is -0.436 e. The Labute approximate surface area is 276 Å². The first-order valence-corrected chi connectivity index (χ1v) is 15.1. The van der Waals surface area contributed by atoms with Gasteiger partial charge in [0.1, 0.15) is 5.52 Å². The van der Waals surface area contributed by atoms with E-state index in [1.54, 1.807) is 4.90 Å². The maximum atomic E-state index is 9.56. The zero-order chi connectivity index (χ0) is 37.6. The first-order chi connectivity index (χ1) is 26.0. The summed E-state index contributed by atoms with van der Waals surface area (Å²) in [7, 11) is 0. The molecule has 0 aliphatic rings. The van der Waals surface area contributed by atoms with Crippen LogP contribution in [0.2, 0.25) is 0 Å². The Morgan fingerprint density at radius 2 is 1.38 bits per heavy atom. The van der Waals surface area contributed by atoms with Crippen LogP contribution in [-0.2, 0) is 0 Å². The summed E-state index contributed by atoms with van der Waals surface area (Å²) >= 11 is 1.52. The molecule has 9 rings (SSSR count). The lowest BCUT2D eigenvalue weighted by Gasteiger charge is -2.28. The van der Waals surface area contributed by atoms with Crippen LogP contribution in [-0.4, -0.2) is 4.98 Å². The van der Waals surface area contributed by atoms with Crippen LogP contribution in [0.25, 0.3) is 64.6 Å². The quantitative estimate of drug-likeness (QED) is 0.196. The van der Waals surface area contributed by atoms with Gasteiger partial charge in [0.2, 0.25) is 5.89 Å². The van der Waals surface area contributed by atoms with E-state index in [0.29, 0.717) is 33.9 Å². The average Bonchev–Trinajstić information content (AvgIpc) is 3.80. The third kappa shape index (κ3) is 4.38. The maximum Gasteiger partial charge on any atom is 0.229 e. The predicted octanol–water partition coefficient (Wildman–Crippen LogP) is 12.2. The molecule has 0 atom stereocenters. The van der Waals surface area contributed by atoms with Gasteiger partial charge in [0.15, 0.2) is 5.58 Å². The molecule has 0 aliphatic carbocycles. The smallest absolute Gasteiger partial charge is 0.229 e. The molecule has 0 fully saturated rings. The van der Waals surface area contributed by atoms with Crippen LogP contribution >= 0.6 is 11.3 Å². The average molecular weight is 604 g/mol. The summed E-state index contributed by atoms with van der Waals surface area (Å²) in [5.74, 6) is 0.294. The zero-order valence-corrected chi connectivity index (χ0v) is 24.3. The molecule has 0 saturated carbocycles. The van der Waals surface area contributed by atoms with E-state index in [0.717, 1.165) is 30.9 Å². The Morgan fingerprint density at radius 3 is 2.24 bits per heavy atom. The van der Waals surface area contributed by atoms with Gasteiger partial charge >= 0.3 is 0 Å². The van der Waals surface area contributed by atoms with Gasteiger partial charge in [0.25, 0.3) is 0 Å². The summed E-state index contributed by atoms with van der Waals surface area (Å²) in [5.41, 5.74) is 1.92. The summed E-state index contributed by atoms with van der Waals surface area (Å²) in [6.07, 6.45) is 0. The molecule has 212 valence electrons. The van der Waals surface area contributed by atoms with Crippen LogP contribution in [0.4, 0.5) is 17.1 Å². The lowest BCUT2D eigenvalue weighted by atomic mass is 10.0. The van der Waals surface area contributed by atoms with Crippen molar-refractivity contribution in [2.75, 3.05) is 4.90 Å². The molecule has 0 aliphatic heterocycles. The molecule has 45 heavy (non-hydrogen) atoms. The molecule has 0 saturated heterocycles. The molecule has 2 aromatic heterocycles. The van der Waals surface area contributed by atoms with Crippen molar-refractivity contribution in [2.45, 2.75) is 0 Å². The second-order valence-corrected chi connectivity index (χ2v) is 11.6. The summed E-state index contributed by atoms with van der Waals surface area (Å²) in [6, 6.07) is 27.6. The van der Waals surface area contributed by atoms with Gasteiger partial charge in [-0.1, -0.05) is 109 Å². The fourth-order valence-electron chi connectivity index (χ4n) is 5.76. The highest BCUT2D eigenvalue weighted by Gasteiger charge is 2.25. The second kappa shape index (κ2) is 10.5. The molecule has 3 nitrogen and oxygen atoms in total. The lowest BCUT2D eigenvalue weighted by Crippen LogP contribution is -2.11. The van der Waals surface area contributed by atoms with E-state index in [2.05, 4.69) is 0 Å². The van der Waals surface area contributed by atoms with Gasteiger partial charge in [-0.25, -0.2) is 4.98 Å². The minimum absolute atomic E-state index is 0.0984. The lowest BCUT2D eigenvalue weighted by molar-refractivity contribution is 0.620. The Kier molecular flexibility index (Phi) is 4.23. The summed E-state index contributed by atoms with van der Waals surface area (Å²) in [6.45, 7) is 0. The number of para-hydroxylation sites is 2. The first kappa shape index (κ1) is 18.2. The minimum atomic E-state index is -0.635. The van der Waals surface area contributed by atoms with Crippen LogP contribution < -0.4 is 4.90 Å². The third-order valence-corrected chi connectivity index (χ3v) is 9.04. The van der Waals surface area contributed by atoms with Gasteiger partial charge in [0, 0.05) is 26.8 Å².